The number of carbonyl (C=O) groups is 2. The molecule has 1 saturated heterocycles. The number of nitrogens with zero attached hydrogens (tertiary/aromatic N) is 3. The molecule has 0 aromatic heterocycles. The van der Waals surface area contributed by atoms with Crippen LogP contribution in [0.2, 0.25) is 0 Å². The Hall–Kier alpha value is -2.28. The van der Waals surface area contributed by atoms with Crippen LogP contribution in [0.15, 0.2) is 34.2 Å². The second-order valence-electron chi connectivity index (χ2n) is 6.54. The molecule has 138 valence electrons. The largest absolute Gasteiger partial charge is 0.491 e. The lowest BCUT2D eigenvalue weighted by Gasteiger charge is -2.34. The number of ether oxygens (including phenoxy) is 1. The quantitative estimate of drug-likeness (QED) is 0.762. The lowest BCUT2D eigenvalue weighted by Crippen LogP contribution is -2.49. The van der Waals surface area contributed by atoms with E-state index in [1.54, 1.807) is 6.92 Å². The summed E-state index contributed by atoms with van der Waals surface area (Å²) in [6.45, 7) is 8.29. The molecule has 0 bridgehead atoms. The first-order valence-corrected chi connectivity index (χ1v) is 9.54. The van der Waals surface area contributed by atoms with E-state index in [0.717, 1.165) is 16.5 Å². The third-order valence-corrected chi connectivity index (χ3v) is 5.20. The van der Waals surface area contributed by atoms with E-state index in [2.05, 4.69) is 9.89 Å². The molecule has 0 aliphatic carbocycles. The average Bonchev–Trinajstić information content (AvgIpc) is 2.97. The van der Waals surface area contributed by atoms with Crippen LogP contribution < -0.4 is 4.74 Å². The van der Waals surface area contributed by atoms with Crippen molar-refractivity contribution in [1.29, 1.82) is 0 Å². The normalized spacial score (nSPS) is 19.3. The molecule has 1 aromatic rings. The summed E-state index contributed by atoms with van der Waals surface area (Å²) in [5.41, 5.74) is 0.940. The van der Waals surface area contributed by atoms with Gasteiger partial charge in [-0.25, -0.2) is 0 Å². The molecule has 1 fully saturated rings. The van der Waals surface area contributed by atoms with Crippen molar-refractivity contribution in [2.45, 2.75) is 26.9 Å². The van der Waals surface area contributed by atoms with Gasteiger partial charge in [0.25, 0.3) is 5.91 Å². The minimum atomic E-state index is -0.207. The molecule has 0 unspecified atom stereocenters. The van der Waals surface area contributed by atoms with E-state index in [0.29, 0.717) is 31.1 Å². The van der Waals surface area contributed by atoms with Crippen molar-refractivity contribution in [2.75, 3.05) is 26.2 Å². The van der Waals surface area contributed by atoms with E-state index in [4.69, 9.17) is 4.74 Å². The van der Waals surface area contributed by atoms with Crippen LogP contribution in [0.5, 0.6) is 5.75 Å². The maximum atomic E-state index is 12.2. The van der Waals surface area contributed by atoms with Gasteiger partial charge in [-0.15, -0.1) is 0 Å². The van der Waals surface area contributed by atoms with Gasteiger partial charge in [-0.1, -0.05) is 12.1 Å². The van der Waals surface area contributed by atoms with E-state index in [9.17, 15) is 9.59 Å². The lowest BCUT2D eigenvalue weighted by molar-refractivity contribution is -0.130. The Kier molecular flexibility index (Phi) is 5.66. The zero-order valence-corrected chi connectivity index (χ0v) is 16.1. The van der Waals surface area contributed by atoms with Gasteiger partial charge in [0.2, 0.25) is 5.91 Å². The standard InChI is InChI=1S/C19H23N3O3S/c1-13(2)25-16-6-4-15(5-7-16)12-17-18(24)20-19(26-17)22-10-8-21(9-11-22)14(3)23/h4-7,12-13H,8-11H2,1-3H3/b17-12+. The van der Waals surface area contributed by atoms with Crippen molar-refractivity contribution < 1.29 is 14.3 Å². The monoisotopic (exact) mass is 373 g/mol. The van der Waals surface area contributed by atoms with Crippen LogP contribution in [0.25, 0.3) is 6.08 Å². The zero-order chi connectivity index (χ0) is 18.7. The SMILES string of the molecule is CC(=O)N1CCN(C2=NC(=O)/C(=C\c3ccc(OC(C)C)cc3)S2)CC1. The lowest BCUT2D eigenvalue weighted by atomic mass is 10.2. The van der Waals surface area contributed by atoms with Gasteiger partial charge in [-0.2, -0.15) is 4.99 Å². The molecule has 0 N–H and O–H groups in total. The first kappa shape index (κ1) is 18.5. The molecule has 1 aromatic carbocycles. The number of piperazine rings is 1. The maximum absolute atomic E-state index is 12.2. The first-order chi connectivity index (χ1) is 12.4. The Bertz CT molecular complexity index is 748. The smallest absolute Gasteiger partial charge is 0.286 e. The fourth-order valence-electron chi connectivity index (χ4n) is 2.81. The number of hydrogen-bond acceptors (Lipinski definition) is 5. The maximum Gasteiger partial charge on any atom is 0.286 e. The summed E-state index contributed by atoms with van der Waals surface area (Å²) in [5, 5.41) is 0.726. The van der Waals surface area contributed by atoms with Gasteiger partial charge in [0.05, 0.1) is 11.0 Å². The number of aliphatic imine (C=N–C) groups is 1. The second-order valence-corrected chi connectivity index (χ2v) is 7.55. The van der Waals surface area contributed by atoms with E-state index in [-0.39, 0.29) is 17.9 Å². The number of amidine groups is 1. The molecular formula is C19H23N3O3S. The summed E-state index contributed by atoms with van der Waals surface area (Å²) in [7, 11) is 0. The van der Waals surface area contributed by atoms with Crippen LogP contribution in [0.3, 0.4) is 0 Å². The molecule has 0 spiro atoms. The summed E-state index contributed by atoms with van der Waals surface area (Å²) in [6, 6.07) is 7.67. The predicted octanol–water partition coefficient (Wildman–Crippen LogP) is 2.61. The topological polar surface area (TPSA) is 62.2 Å². The van der Waals surface area contributed by atoms with E-state index in [1.807, 2.05) is 49.1 Å². The molecule has 3 rings (SSSR count). The number of rotatable bonds is 3. The number of thioether (sulfide) groups is 1. The van der Waals surface area contributed by atoms with Crippen molar-refractivity contribution in [3.8, 4) is 5.75 Å². The molecule has 2 aliphatic rings. The van der Waals surface area contributed by atoms with Gasteiger partial charge in [0, 0.05) is 33.1 Å². The molecular weight excluding hydrogens is 350 g/mol. The minimum absolute atomic E-state index is 0.0900. The van der Waals surface area contributed by atoms with Crippen LogP contribution in [0.1, 0.15) is 26.3 Å². The highest BCUT2D eigenvalue weighted by atomic mass is 32.2. The third-order valence-electron chi connectivity index (χ3n) is 4.15. The Labute approximate surface area is 157 Å². The van der Waals surface area contributed by atoms with Crippen LogP contribution in [0.4, 0.5) is 0 Å². The Balaban J connectivity index is 1.62. The first-order valence-electron chi connectivity index (χ1n) is 8.72. The van der Waals surface area contributed by atoms with E-state index in [1.165, 1.54) is 11.8 Å². The van der Waals surface area contributed by atoms with Crippen LogP contribution in [-0.2, 0) is 9.59 Å². The fraction of sp³-hybridized carbons (Fsp3) is 0.421. The van der Waals surface area contributed by atoms with Gasteiger partial charge >= 0.3 is 0 Å². The van der Waals surface area contributed by atoms with Crippen molar-refractivity contribution in [1.82, 2.24) is 9.80 Å². The third kappa shape index (κ3) is 4.46. The fourth-order valence-corrected chi connectivity index (χ4v) is 3.78. The molecule has 2 aliphatic heterocycles. The molecule has 0 radical (unpaired) electrons. The van der Waals surface area contributed by atoms with Gasteiger partial charge in [0.1, 0.15) is 5.75 Å². The Morgan fingerprint density at radius 1 is 1.19 bits per heavy atom. The summed E-state index contributed by atoms with van der Waals surface area (Å²) >= 11 is 1.40. The summed E-state index contributed by atoms with van der Waals surface area (Å²) in [5.74, 6) is 0.696. The van der Waals surface area contributed by atoms with Crippen molar-refractivity contribution in [2.24, 2.45) is 4.99 Å². The van der Waals surface area contributed by atoms with E-state index >= 15 is 0 Å². The molecule has 7 heteroatoms. The van der Waals surface area contributed by atoms with Crippen LogP contribution >= 0.6 is 11.8 Å². The molecule has 0 saturated carbocycles. The van der Waals surface area contributed by atoms with Crippen LogP contribution in [0, 0.1) is 0 Å². The van der Waals surface area contributed by atoms with Crippen molar-refractivity contribution in [3.63, 3.8) is 0 Å². The predicted molar refractivity (Wildman–Crippen MR) is 104 cm³/mol. The Morgan fingerprint density at radius 3 is 2.42 bits per heavy atom. The molecule has 2 amide bonds. The zero-order valence-electron chi connectivity index (χ0n) is 15.3. The number of benzene rings is 1. The number of amides is 2. The summed E-state index contributed by atoms with van der Waals surface area (Å²) in [4.78, 5) is 32.3. The summed E-state index contributed by atoms with van der Waals surface area (Å²) in [6.07, 6.45) is 1.99. The van der Waals surface area contributed by atoms with E-state index < -0.39 is 0 Å². The highest BCUT2D eigenvalue weighted by Crippen LogP contribution is 2.31. The summed E-state index contributed by atoms with van der Waals surface area (Å²) < 4.78 is 5.63. The van der Waals surface area contributed by atoms with Crippen molar-refractivity contribution in [3.05, 3.63) is 34.7 Å². The van der Waals surface area contributed by atoms with Crippen LogP contribution in [-0.4, -0.2) is 59.1 Å². The van der Waals surface area contributed by atoms with Gasteiger partial charge < -0.3 is 14.5 Å². The molecule has 6 nitrogen and oxygen atoms in total. The van der Waals surface area contributed by atoms with Gasteiger partial charge in [-0.05, 0) is 49.4 Å². The average molecular weight is 373 g/mol. The minimum Gasteiger partial charge on any atom is -0.491 e. The number of carbonyl (C=O) groups excluding carboxylic acids is 2. The Morgan fingerprint density at radius 2 is 1.85 bits per heavy atom. The second kappa shape index (κ2) is 7.95. The van der Waals surface area contributed by atoms with Gasteiger partial charge in [-0.3, -0.25) is 9.59 Å². The molecule has 0 atom stereocenters. The highest BCUT2D eigenvalue weighted by molar-refractivity contribution is 8.18. The van der Waals surface area contributed by atoms with Crippen molar-refractivity contribution >= 4 is 34.8 Å². The van der Waals surface area contributed by atoms with Gasteiger partial charge in [0.15, 0.2) is 5.17 Å². The molecule has 2 heterocycles. The molecule has 26 heavy (non-hydrogen) atoms. The number of hydrogen-bond donors (Lipinski definition) is 0. The highest BCUT2D eigenvalue weighted by Gasteiger charge is 2.28.